The largest absolute Gasteiger partial charge is 0.480 e. The van der Waals surface area contributed by atoms with Crippen LogP contribution in [-0.4, -0.2) is 29.1 Å². The summed E-state index contributed by atoms with van der Waals surface area (Å²) in [6.45, 7) is 3.58. The number of ether oxygens (including phenoxy) is 1. The number of carboxylic acid groups (broad SMARTS) is 1. The molecular weight excluding hydrogens is 246 g/mol. The highest BCUT2D eigenvalue weighted by atomic mass is 16.5. The first-order valence-corrected chi connectivity index (χ1v) is 6.05. The van der Waals surface area contributed by atoms with E-state index >= 15 is 0 Å². The Kier molecular flexibility index (Phi) is 5.51. The van der Waals surface area contributed by atoms with Crippen molar-refractivity contribution in [2.75, 3.05) is 6.54 Å². The van der Waals surface area contributed by atoms with Gasteiger partial charge in [0.2, 0.25) is 0 Å². The number of aliphatic carboxylic acids is 1. The number of carbonyl (C=O) groups excluding carboxylic acids is 1. The Labute approximate surface area is 112 Å². The van der Waals surface area contributed by atoms with E-state index in [2.05, 4.69) is 5.32 Å². The molecule has 0 amide bonds. The van der Waals surface area contributed by atoms with E-state index in [1.54, 1.807) is 13.8 Å². The number of hydrogen-bond acceptors (Lipinski definition) is 4. The Hall–Kier alpha value is -1.88. The Bertz CT molecular complexity index is 428. The summed E-state index contributed by atoms with van der Waals surface area (Å²) in [6.07, 6.45) is 0.118. The molecule has 0 fully saturated rings. The van der Waals surface area contributed by atoms with Crippen LogP contribution in [0.3, 0.4) is 0 Å². The van der Waals surface area contributed by atoms with Crippen molar-refractivity contribution in [3.63, 3.8) is 0 Å². The maximum atomic E-state index is 11.7. The smallest absolute Gasteiger partial charge is 0.317 e. The van der Waals surface area contributed by atoms with Gasteiger partial charge in [-0.15, -0.1) is 0 Å². The van der Waals surface area contributed by atoms with Gasteiger partial charge in [0.25, 0.3) is 0 Å². The summed E-state index contributed by atoms with van der Waals surface area (Å²) in [5.41, 5.74) is 0.318. The molecule has 19 heavy (non-hydrogen) atoms. The molecule has 104 valence electrons. The van der Waals surface area contributed by atoms with E-state index in [9.17, 15) is 9.59 Å². The molecule has 0 saturated heterocycles. The molecule has 5 heteroatoms. The molecule has 0 atom stereocenters. The number of nitrogens with one attached hydrogen (secondary N) is 1. The Morgan fingerprint density at radius 3 is 2.47 bits per heavy atom. The molecule has 0 saturated carbocycles. The van der Waals surface area contributed by atoms with Crippen LogP contribution in [0.2, 0.25) is 0 Å². The molecule has 0 heterocycles. The fourth-order valence-corrected chi connectivity index (χ4v) is 1.53. The highest BCUT2D eigenvalue weighted by Crippen LogP contribution is 2.10. The maximum absolute atomic E-state index is 11.7. The maximum Gasteiger partial charge on any atom is 0.317 e. The molecule has 0 aliphatic carbocycles. The monoisotopic (exact) mass is 265 g/mol. The summed E-state index contributed by atoms with van der Waals surface area (Å²) in [7, 11) is 0. The molecule has 0 bridgehead atoms. The van der Waals surface area contributed by atoms with Crippen molar-refractivity contribution in [2.45, 2.75) is 32.4 Å². The summed E-state index contributed by atoms with van der Waals surface area (Å²) in [6, 6.07) is 9.40. The Morgan fingerprint density at radius 2 is 1.89 bits per heavy atom. The molecule has 0 aliphatic rings. The van der Waals surface area contributed by atoms with Crippen LogP contribution in [0.1, 0.15) is 25.8 Å². The van der Waals surface area contributed by atoms with E-state index in [0.29, 0.717) is 0 Å². The van der Waals surface area contributed by atoms with Gasteiger partial charge in [0, 0.05) is 5.54 Å². The zero-order valence-corrected chi connectivity index (χ0v) is 11.2. The third-order valence-corrected chi connectivity index (χ3v) is 2.55. The first kappa shape index (κ1) is 15.2. The molecule has 0 aromatic heterocycles. The second-order valence-electron chi connectivity index (χ2n) is 4.95. The number of carboxylic acids is 1. The van der Waals surface area contributed by atoms with Gasteiger partial charge in [-0.05, 0) is 19.4 Å². The molecule has 1 aromatic rings. The lowest BCUT2D eigenvalue weighted by Gasteiger charge is -2.24. The van der Waals surface area contributed by atoms with Crippen LogP contribution >= 0.6 is 0 Å². The fourth-order valence-electron chi connectivity index (χ4n) is 1.53. The number of benzene rings is 1. The molecule has 2 N–H and O–H groups in total. The number of carbonyl (C=O) groups is 2. The van der Waals surface area contributed by atoms with E-state index in [-0.39, 0.29) is 25.5 Å². The molecule has 0 radical (unpaired) electrons. The molecule has 0 unspecified atom stereocenters. The van der Waals surface area contributed by atoms with Crippen LogP contribution in [0.4, 0.5) is 0 Å². The third kappa shape index (κ3) is 6.57. The minimum absolute atomic E-state index is 0.118. The Morgan fingerprint density at radius 1 is 1.26 bits per heavy atom. The Balaban J connectivity index is 2.36. The average molecular weight is 265 g/mol. The van der Waals surface area contributed by atoms with Crippen molar-refractivity contribution in [3.05, 3.63) is 35.9 Å². The van der Waals surface area contributed by atoms with Gasteiger partial charge in [-0.2, -0.15) is 0 Å². The van der Waals surface area contributed by atoms with E-state index in [1.807, 2.05) is 30.3 Å². The average Bonchev–Trinajstić information content (AvgIpc) is 2.35. The van der Waals surface area contributed by atoms with Gasteiger partial charge in [-0.3, -0.25) is 9.59 Å². The van der Waals surface area contributed by atoms with Crippen molar-refractivity contribution < 1.29 is 19.4 Å². The zero-order chi connectivity index (χ0) is 14.3. The number of esters is 1. The SMILES string of the molecule is CC(C)(CC(=O)OCc1ccccc1)NCC(=O)O. The van der Waals surface area contributed by atoms with E-state index in [0.717, 1.165) is 5.56 Å². The minimum atomic E-state index is -0.953. The molecule has 0 aliphatic heterocycles. The predicted octanol–water partition coefficient (Wildman–Crippen LogP) is 1.57. The summed E-state index contributed by atoms with van der Waals surface area (Å²) in [5, 5.41) is 11.4. The van der Waals surface area contributed by atoms with Crippen molar-refractivity contribution in [1.82, 2.24) is 5.32 Å². The second kappa shape index (κ2) is 6.89. The molecule has 1 aromatic carbocycles. The molecule has 5 nitrogen and oxygen atoms in total. The van der Waals surface area contributed by atoms with Crippen molar-refractivity contribution >= 4 is 11.9 Å². The lowest BCUT2D eigenvalue weighted by molar-refractivity contribution is -0.147. The third-order valence-electron chi connectivity index (χ3n) is 2.55. The quantitative estimate of drug-likeness (QED) is 0.732. The van der Waals surface area contributed by atoms with Crippen LogP contribution in [0, 0.1) is 0 Å². The van der Waals surface area contributed by atoms with Crippen LogP contribution in [0.25, 0.3) is 0 Å². The van der Waals surface area contributed by atoms with E-state index in [4.69, 9.17) is 9.84 Å². The second-order valence-corrected chi connectivity index (χ2v) is 4.95. The van der Waals surface area contributed by atoms with Gasteiger partial charge < -0.3 is 15.2 Å². The zero-order valence-electron chi connectivity index (χ0n) is 11.2. The van der Waals surface area contributed by atoms with E-state index < -0.39 is 11.5 Å². The van der Waals surface area contributed by atoms with Crippen LogP contribution in [0.15, 0.2) is 30.3 Å². The highest BCUT2D eigenvalue weighted by molar-refractivity contribution is 5.72. The van der Waals surface area contributed by atoms with Crippen molar-refractivity contribution in [1.29, 1.82) is 0 Å². The highest BCUT2D eigenvalue weighted by Gasteiger charge is 2.23. The topological polar surface area (TPSA) is 75.6 Å². The van der Waals surface area contributed by atoms with Crippen LogP contribution in [-0.2, 0) is 20.9 Å². The summed E-state index contributed by atoms with van der Waals surface area (Å²) < 4.78 is 5.14. The minimum Gasteiger partial charge on any atom is -0.480 e. The summed E-state index contributed by atoms with van der Waals surface area (Å²) in [4.78, 5) is 22.1. The normalized spacial score (nSPS) is 11.1. The lowest BCUT2D eigenvalue weighted by atomic mass is 10.0. The van der Waals surface area contributed by atoms with Gasteiger partial charge in [0.15, 0.2) is 0 Å². The molecule has 1 rings (SSSR count). The first-order valence-electron chi connectivity index (χ1n) is 6.05. The number of hydrogen-bond donors (Lipinski definition) is 2. The molecule has 0 spiro atoms. The first-order chi connectivity index (χ1) is 8.89. The van der Waals surface area contributed by atoms with Gasteiger partial charge in [0.05, 0.1) is 13.0 Å². The fraction of sp³-hybridized carbons (Fsp3) is 0.429. The van der Waals surface area contributed by atoms with Gasteiger partial charge in [0.1, 0.15) is 6.61 Å². The van der Waals surface area contributed by atoms with E-state index in [1.165, 1.54) is 0 Å². The van der Waals surface area contributed by atoms with Gasteiger partial charge in [-0.25, -0.2) is 0 Å². The van der Waals surface area contributed by atoms with Gasteiger partial charge in [-0.1, -0.05) is 30.3 Å². The summed E-state index contributed by atoms with van der Waals surface area (Å²) >= 11 is 0. The lowest BCUT2D eigenvalue weighted by Crippen LogP contribution is -2.44. The van der Waals surface area contributed by atoms with Crippen LogP contribution in [0.5, 0.6) is 0 Å². The van der Waals surface area contributed by atoms with Crippen molar-refractivity contribution in [2.24, 2.45) is 0 Å². The number of rotatable bonds is 7. The van der Waals surface area contributed by atoms with Crippen LogP contribution < -0.4 is 5.32 Å². The molecular formula is C14H19NO4. The predicted molar refractivity (Wildman–Crippen MR) is 70.6 cm³/mol. The van der Waals surface area contributed by atoms with Gasteiger partial charge >= 0.3 is 11.9 Å². The standard InChI is InChI=1S/C14H19NO4/c1-14(2,15-9-12(16)17)8-13(18)19-10-11-6-4-3-5-7-11/h3-7,15H,8-10H2,1-2H3,(H,16,17). The van der Waals surface area contributed by atoms with Crippen molar-refractivity contribution in [3.8, 4) is 0 Å². The summed E-state index contributed by atoms with van der Waals surface area (Å²) in [5.74, 6) is -1.31.